The van der Waals surface area contributed by atoms with Gasteiger partial charge in [-0.3, -0.25) is 19.8 Å². The highest BCUT2D eigenvalue weighted by Gasteiger charge is 2.34. The summed E-state index contributed by atoms with van der Waals surface area (Å²) in [5.41, 5.74) is 2.67. The molecule has 3 aromatic rings. The third-order valence-corrected chi connectivity index (χ3v) is 5.71. The topological polar surface area (TPSA) is 101 Å². The number of nitro benzene ring substituents is 1. The van der Waals surface area contributed by atoms with Crippen LogP contribution in [0.1, 0.15) is 22.5 Å². The summed E-state index contributed by atoms with van der Waals surface area (Å²) in [6.45, 7) is 2.22. The Morgan fingerprint density at radius 3 is 2.59 bits per heavy atom. The van der Waals surface area contributed by atoms with Gasteiger partial charge in [0, 0.05) is 12.1 Å². The van der Waals surface area contributed by atoms with E-state index in [1.807, 2.05) is 37.3 Å². The van der Waals surface area contributed by atoms with Crippen molar-refractivity contribution in [2.24, 2.45) is 10.2 Å². The number of nitro groups is 1. The Morgan fingerprint density at radius 1 is 1.12 bits per heavy atom. The molecule has 0 N–H and O–H groups in total. The lowest BCUT2D eigenvalue weighted by Gasteiger charge is -2.12. The van der Waals surface area contributed by atoms with Crippen LogP contribution in [0, 0.1) is 17.0 Å². The molecular weight excluding hydrogens is 428 g/mol. The monoisotopic (exact) mass is 446 g/mol. The first-order valence-corrected chi connectivity index (χ1v) is 10.5. The third kappa shape index (κ3) is 4.84. The number of nitrogens with zero attached hydrogens (tertiary/aromatic N) is 4. The van der Waals surface area contributed by atoms with Crippen molar-refractivity contribution in [1.82, 2.24) is 4.90 Å². The Bertz CT molecular complexity index is 1230. The van der Waals surface area contributed by atoms with E-state index in [4.69, 9.17) is 4.42 Å². The Labute approximate surface area is 188 Å². The number of amidine groups is 1. The molecule has 1 amide bonds. The van der Waals surface area contributed by atoms with Crippen LogP contribution < -0.4 is 0 Å². The number of hydrogen-bond donors (Lipinski definition) is 0. The number of thioether (sulfide) groups is 1. The van der Waals surface area contributed by atoms with Gasteiger partial charge >= 0.3 is 0 Å². The fourth-order valence-electron chi connectivity index (χ4n) is 3.00. The van der Waals surface area contributed by atoms with E-state index in [9.17, 15) is 14.9 Å². The van der Waals surface area contributed by atoms with Gasteiger partial charge in [0.2, 0.25) is 0 Å². The normalized spacial score (nSPS) is 16.5. The van der Waals surface area contributed by atoms with Gasteiger partial charge in [-0.2, -0.15) is 5.10 Å². The van der Waals surface area contributed by atoms with Crippen LogP contribution in [0.5, 0.6) is 0 Å². The van der Waals surface area contributed by atoms with E-state index in [0.29, 0.717) is 21.4 Å². The number of benzene rings is 2. The lowest BCUT2D eigenvalue weighted by Crippen LogP contribution is -2.28. The van der Waals surface area contributed by atoms with E-state index in [1.54, 1.807) is 30.5 Å². The number of furan rings is 1. The van der Waals surface area contributed by atoms with Gasteiger partial charge in [0.25, 0.3) is 11.6 Å². The highest BCUT2D eigenvalue weighted by molar-refractivity contribution is 8.18. The zero-order chi connectivity index (χ0) is 22.5. The van der Waals surface area contributed by atoms with Gasteiger partial charge < -0.3 is 4.42 Å². The summed E-state index contributed by atoms with van der Waals surface area (Å²) >= 11 is 1.24. The summed E-state index contributed by atoms with van der Waals surface area (Å²) in [6.07, 6.45) is 4.88. The molecule has 0 bridgehead atoms. The SMILES string of the molecule is Cc1ccccc1/C=C1\S/C(=N/N=C\c2ccc([N+](=O)[O-])cc2)N(Cc2ccco2)C1=O. The number of rotatable bonds is 6. The van der Waals surface area contributed by atoms with Gasteiger partial charge in [-0.15, -0.1) is 5.10 Å². The maximum absolute atomic E-state index is 13.1. The van der Waals surface area contributed by atoms with Gasteiger partial charge in [0.05, 0.1) is 28.9 Å². The quantitative estimate of drug-likeness (QED) is 0.229. The Morgan fingerprint density at radius 2 is 1.91 bits per heavy atom. The van der Waals surface area contributed by atoms with E-state index >= 15 is 0 Å². The lowest BCUT2D eigenvalue weighted by molar-refractivity contribution is -0.384. The molecule has 4 rings (SSSR count). The molecule has 1 fully saturated rings. The maximum atomic E-state index is 13.1. The zero-order valence-electron chi connectivity index (χ0n) is 17.0. The molecule has 1 aromatic heterocycles. The van der Waals surface area contributed by atoms with Crippen LogP contribution in [0.4, 0.5) is 5.69 Å². The summed E-state index contributed by atoms with van der Waals surface area (Å²) in [7, 11) is 0. The second-order valence-electron chi connectivity index (χ2n) is 6.91. The second-order valence-corrected chi connectivity index (χ2v) is 7.92. The molecule has 8 nitrogen and oxygen atoms in total. The number of non-ortho nitro benzene ring substituents is 1. The van der Waals surface area contributed by atoms with Crippen molar-refractivity contribution >= 4 is 40.8 Å². The van der Waals surface area contributed by atoms with Gasteiger partial charge in [0.1, 0.15) is 5.76 Å². The highest BCUT2D eigenvalue weighted by Crippen LogP contribution is 2.34. The summed E-state index contributed by atoms with van der Waals surface area (Å²) in [5.74, 6) is 0.446. The lowest BCUT2D eigenvalue weighted by atomic mass is 10.1. The molecular formula is C23H18N4O4S. The summed E-state index contributed by atoms with van der Waals surface area (Å²) in [5, 5.41) is 19.5. The van der Waals surface area contributed by atoms with Crippen molar-refractivity contribution in [1.29, 1.82) is 0 Å². The van der Waals surface area contributed by atoms with Crippen molar-refractivity contribution in [3.05, 3.63) is 104 Å². The molecule has 1 aliphatic rings. The molecule has 0 aliphatic carbocycles. The molecule has 0 atom stereocenters. The molecule has 2 aromatic carbocycles. The van der Waals surface area contributed by atoms with Crippen LogP contribution in [0.25, 0.3) is 6.08 Å². The van der Waals surface area contributed by atoms with Crippen molar-refractivity contribution in [2.45, 2.75) is 13.5 Å². The van der Waals surface area contributed by atoms with Crippen LogP contribution in [0.15, 0.2) is 86.5 Å². The summed E-state index contributed by atoms with van der Waals surface area (Å²) < 4.78 is 5.40. The van der Waals surface area contributed by atoms with Crippen LogP contribution >= 0.6 is 11.8 Å². The molecule has 160 valence electrons. The first-order valence-electron chi connectivity index (χ1n) is 9.66. The average molecular weight is 446 g/mol. The molecule has 9 heteroatoms. The van der Waals surface area contributed by atoms with Crippen LogP contribution in [0.2, 0.25) is 0 Å². The standard InChI is InChI=1S/C23H18N4O4S/c1-16-5-2-3-6-18(16)13-21-22(28)26(15-20-7-4-12-31-20)23(32-21)25-24-14-17-8-10-19(11-9-17)27(29)30/h2-14H,15H2,1H3/b21-13-,24-14-,25-23+. The fourth-order valence-corrected chi connectivity index (χ4v) is 3.92. The van der Waals surface area contributed by atoms with E-state index < -0.39 is 4.92 Å². The summed E-state index contributed by atoms with van der Waals surface area (Å²) in [6, 6.07) is 17.3. The highest BCUT2D eigenvalue weighted by atomic mass is 32.2. The first-order chi connectivity index (χ1) is 15.5. The molecule has 0 unspecified atom stereocenters. The number of hydrogen-bond acceptors (Lipinski definition) is 7. The fraction of sp³-hybridized carbons (Fsp3) is 0.0870. The Balaban J connectivity index is 1.60. The van der Waals surface area contributed by atoms with Crippen molar-refractivity contribution < 1.29 is 14.1 Å². The predicted octanol–water partition coefficient (Wildman–Crippen LogP) is 5.00. The minimum Gasteiger partial charge on any atom is -0.467 e. The van der Waals surface area contributed by atoms with Crippen molar-refractivity contribution in [3.8, 4) is 0 Å². The smallest absolute Gasteiger partial charge is 0.269 e. The maximum Gasteiger partial charge on any atom is 0.269 e. The van der Waals surface area contributed by atoms with Crippen LogP contribution in [0.3, 0.4) is 0 Å². The minimum absolute atomic E-state index is 0.000941. The molecule has 2 heterocycles. The molecule has 32 heavy (non-hydrogen) atoms. The summed E-state index contributed by atoms with van der Waals surface area (Å²) in [4.78, 5) is 25.5. The minimum atomic E-state index is -0.462. The average Bonchev–Trinajstić information content (AvgIpc) is 3.40. The first kappa shape index (κ1) is 21.3. The van der Waals surface area contributed by atoms with E-state index in [2.05, 4.69) is 10.2 Å². The molecule has 1 aliphatic heterocycles. The van der Waals surface area contributed by atoms with Gasteiger partial charge in [-0.25, -0.2) is 0 Å². The van der Waals surface area contributed by atoms with Crippen molar-refractivity contribution in [3.63, 3.8) is 0 Å². The number of amides is 1. The molecule has 0 saturated carbocycles. The van der Waals surface area contributed by atoms with Crippen LogP contribution in [-0.2, 0) is 11.3 Å². The number of carbonyl (C=O) groups excluding carboxylic acids is 1. The van der Waals surface area contributed by atoms with Gasteiger partial charge in [-0.05, 0) is 65.7 Å². The van der Waals surface area contributed by atoms with Crippen LogP contribution in [-0.4, -0.2) is 27.1 Å². The molecule has 0 radical (unpaired) electrons. The largest absolute Gasteiger partial charge is 0.467 e. The second kappa shape index (κ2) is 9.44. The molecule has 1 saturated heterocycles. The third-order valence-electron chi connectivity index (χ3n) is 4.71. The molecule has 0 spiro atoms. The van der Waals surface area contributed by atoms with Crippen molar-refractivity contribution in [2.75, 3.05) is 0 Å². The Kier molecular flexibility index (Phi) is 6.27. The van der Waals surface area contributed by atoms with E-state index in [-0.39, 0.29) is 18.1 Å². The van der Waals surface area contributed by atoms with Gasteiger partial charge in [-0.1, -0.05) is 24.3 Å². The number of aryl methyl sites for hydroxylation is 1. The zero-order valence-corrected chi connectivity index (χ0v) is 17.9. The Hall–Kier alpha value is -3.98. The number of carbonyl (C=O) groups is 1. The predicted molar refractivity (Wildman–Crippen MR) is 124 cm³/mol. The van der Waals surface area contributed by atoms with Gasteiger partial charge in [0.15, 0.2) is 5.17 Å². The van der Waals surface area contributed by atoms with E-state index in [1.165, 1.54) is 35.0 Å². The van der Waals surface area contributed by atoms with E-state index in [0.717, 1.165) is 11.1 Å².